The number of aromatic nitrogens is 2. The fraction of sp³-hybridized carbons (Fsp3) is 0.150. The van der Waals surface area contributed by atoms with Crippen molar-refractivity contribution in [1.29, 1.82) is 0 Å². The molecule has 2 amide bonds. The van der Waals surface area contributed by atoms with E-state index in [1.165, 1.54) is 4.68 Å². The Kier molecular flexibility index (Phi) is 5.12. The molecule has 3 rings (SSSR count). The number of anilines is 2. The van der Waals surface area contributed by atoms with E-state index < -0.39 is 0 Å². The number of para-hydroxylation sites is 2. The maximum Gasteiger partial charge on any atom is 0.276 e. The number of aryl methyl sites for hydroxylation is 2. The number of nitrogens with one attached hydrogen (secondary N) is 2. The van der Waals surface area contributed by atoms with Gasteiger partial charge in [0.05, 0.1) is 0 Å². The molecule has 0 spiro atoms. The topological polar surface area (TPSA) is 76.0 Å². The molecule has 0 atom stereocenters. The number of amides is 2. The van der Waals surface area contributed by atoms with Gasteiger partial charge in [-0.3, -0.25) is 14.3 Å². The van der Waals surface area contributed by atoms with E-state index in [-0.39, 0.29) is 24.1 Å². The Labute approximate surface area is 151 Å². The maximum atomic E-state index is 12.3. The van der Waals surface area contributed by atoms with Gasteiger partial charge in [0.25, 0.3) is 5.91 Å². The van der Waals surface area contributed by atoms with Gasteiger partial charge < -0.3 is 10.6 Å². The Bertz CT molecular complexity index is 946. The quantitative estimate of drug-likeness (QED) is 0.742. The van der Waals surface area contributed by atoms with Gasteiger partial charge >= 0.3 is 0 Å². The zero-order chi connectivity index (χ0) is 18.5. The van der Waals surface area contributed by atoms with Crippen LogP contribution in [-0.2, 0) is 11.3 Å². The van der Waals surface area contributed by atoms with Gasteiger partial charge in [-0.25, -0.2) is 0 Å². The van der Waals surface area contributed by atoms with Gasteiger partial charge in [0, 0.05) is 17.6 Å². The second-order valence-corrected chi connectivity index (χ2v) is 6.03. The van der Waals surface area contributed by atoms with Crippen molar-refractivity contribution in [2.45, 2.75) is 20.4 Å². The maximum absolute atomic E-state index is 12.3. The van der Waals surface area contributed by atoms with Crippen LogP contribution in [0.3, 0.4) is 0 Å². The Morgan fingerprint density at radius 3 is 2.08 bits per heavy atom. The molecule has 26 heavy (non-hydrogen) atoms. The highest BCUT2D eigenvalue weighted by atomic mass is 16.2. The van der Waals surface area contributed by atoms with Crippen LogP contribution in [0, 0.1) is 13.8 Å². The normalized spacial score (nSPS) is 10.4. The lowest BCUT2D eigenvalue weighted by atomic mass is 10.2. The molecule has 132 valence electrons. The van der Waals surface area contributed by atoms with E-state index in [4.69, 9.17) is 0 Å². The highest BCUT2D eigenvalue weighted by molar-refractivity contribution is 6.03. The van der Waals surface area contributed by atoms with Crippen LogP contribution in [0.1, 0.15) is 21.6 Å². The van der Waals surface area contributed by atoms with Crippen LogP contribution in [0.5, 0.6) is 0 Å². The van der Waals surface area contributed by atoms with Crippen LogP contribution < -0.4 is 10.6 Å². The molecule has 2 N–H and O–H groups in total. The Morgan fingerprint density at radius 2 is 1.46 bits per heavy atom. The molecule has 0 aliphatic carbocycles. The van der Waals surface area contributed by atoms with E-state index >= 15 is 0 Å². The first-order chi connectivity index (χ1) is 12.5. The fourth-order valence-electron chi connectivity index (χ4n) is 2.52. The number of hydrogen-bond acceptors (Lipinski definition) is 3. The van der Waals surface area contributed by atoms with E-state index in [9.17, 15) is 9.59 Å². The van der Waals surface area contributed by atoms with E-state index in [1.54, 1.807) is 12.3 Å². The van der Waals surface area contributed by atoms with Crippen molar-refractivity contribution in [2.75, 3.05) is 10.6 Å². The number of benzene rings is 2. The summed E-state index contributed by atoms with van der Waals surface area (Å²) in [7, 11) is 0. The number of hydrogen-bond donors (Lipinski definition) is 2. The summed E-state index contributed by atoms with van der Waals surface area (Å²) in [4.78, 5) is 24.5. The first kappa shape index (κ1) is 17.4. The van der Waals surface area contributed by atoms with Crippen LogP contribution >= 0.6 is 0 Å². The van der Waals surface area contributed by atoms with Gasteiger partial charge in [-0.05, 0) is 43.2 Å². The van der Waals surface area contributed by atoms with Crippen LogP contribution in [0.4, 0.5) is 11.4 Å². The van der Waals surface area contributed by atoms with Crippen LogP contribution in [0.15, 0.2) is 60.8 Å². The lowest BCUT2D eigenvalue weighted by molar-refractivity contribution is -0.116. The van der Waals surface area contributed by atoms with Crippen molar-refractivity contribution < 1.29 is 9.59 Å². The SMILES string of the molecule is Cc1ccccc1NC(=O)Cn1ccc(C(=O)Nc2ccccc2C)n1. The number of carbonyl (C=O) groups excluding carboxylic acids is 2. The minimum atomic E-state index is -0.308. The van der Waals surface area contributed by atoms with Gasteiger partial charge in [-0.15, -0.1) is 0 Å². The minimum Gasteiger partial charge on any atom is -0.324 e. The van der Waals surface area contributed by atoms with Gasteiger partial charge in [0.1, 0.15) is 6.54 Å². The summed E-state index contributed by atoms with van der Waals surface area (Å²) in [6, 6.07) is 16.7. The van der Waals surface area contributed by atoms with Gasteiger partial charge in [0.2, 0.25) is 5.91 Å². The zero-order valence-electron chi connectivity index (χ0n) is 14.7. The molecule has 0 fully saturated rings. The Hall–Kier alpha value is -3.41. The average molecular weight is 348 g/mol. The number of carbonyl (C=O) groups is 2. The molecule has 3 aromatic rings. The highest BCUT2D eigenvalue weighted by Crippen LogP contribution is 2.15. The Morgan fingerprint density at radius 1 is 0.885 bits per heavy atom. The van der Waals surface area contributed by atoms with E-state index in [0.29, 0.717) is 0 Å². The van der Waals surface area contributed by atoms with Crippen molar-refractivity contribution in [3.8, 4) is 0 Å². The summed E-state index contributed by atoms with van der Waals surface area (Å²) >= 11 is 0. The molecule has 0 unspecified atom stereocenters. The van der Waals surface area contributed by atoms with Crippen molar-refractivity contribution in [3.63, 3.8) is 0 Å². The summed E-state index contributed by atoms with van der Waals surface area (Å²) in [5.74, 6) is -0.509. The second-order valence-electron chi connectivity index (χ2n) is 6.03. The lowest BCUT2D eigenvalue weighted by Crippen LogP contribution is -2.20. The van der Waals surface area contributed by atoms with Gasteiger partial charge in [-0.1, -0.05) is 36.4 Å². The zero-order valence-corrected chi connectivity index (χ0v) is 14.7. The number of rotatable bonds is 5. The molecule has 6 heteroatoms. The molecular weight excluding hydrogens is 328 g/mol. The van der Waals surface area contributed by atoms with Crippen molar-refractivity contribution >= 4 is 23.2 Å². The molecule has 1 aromatic heterocycles. The van der Waals surface area contributed by atoms with Gasteiger partial charge in [-0.2, -0.15) is 5.10 Å². The molecular formula is C20H20N4O2. The molecule has 0 saturated heterocycles. The third-order valence-electron chi connectivity index (χ3n) is 3.99. The van der Waals surface area contributed by atoms with Crippen LogP contribution in [0.25, 0.3) is 0 Å². The monoisotopic (exact) mass is 348 g/mol. The van der Waals surface area contributed by atoms with Crippen molar-refractivity contribution in [1.82, 2.24) is 9.78 Å². The summed E-state index contributed by atoms with van der Waals surface area (Å²) < 4.78 is 1.44. The van der Waals surface area contributed by atoms with Gasteiger partial charge in [0.15, 0.2) is 5.69 Å². The summed E-state index contributed by atoms with van der Waals surface area (Å²) in [6.07, 6.45) is 1.62. The lowest BCUT2D eigenvalue weighted by Gasteiger charge is -2.08. The minimum absolute atomic E-state index is 0.0337. The molecule has 0 aliphatic heterocycles. The third-order valence-corrected chi connectivity index (χ3v) is 3.99. The molecule has 0 bridgehead atoms. The molecule has 6 nitrogen and oxygen atoms in total. The molecule has 0 radical (unpaired) electrons. The largest absolute Gasteiger partial charge is 0.324 e. The highest BCUT2D eigenvalue weighted by Gasteiger charge is 2.12. The first-order valence-electron chi connectivity index (χ1n) is 8.29. The van der Waals surface area contributed by atoms with Crippen molar-refractivity contribution in [2.24, 2.45) is 0 Å². The molecule has 0 aliphatic rings. The number of nitrogens with zero attached hydrogens (tertiary/aromatic N) is 2. The summed E-state index contributed by atoms with van der Waals surface area (Å²) in [5, 5.41) is 9.85. The molecule has 0 saturated carbocycles. The van der Waals surface area contributed by atoms with Crippen LogP contribution in [0.2, 0.25) is 0 Å². The van der Waals surface area contributed by atoms with E-state index in [2.05, 4.69) is 15.7 Å². The average Bonchev–Trinajstić information content (AvgIpc) is 3.07. The third kappa shape index (κ3) is 4.16. The van der Waals surface area contributed by atoms with Crippen LogP contribution in [-0.4, -0.2) is 21.6 Å². The predicted octanol–water partition coefficient (Wildman–Crippen LogP) is 3.39. The second kappa shape index (κ2) is 7.65. The van der Waals surface area contributed by atoms with E-state index in [1.807, 2.05) is 62.4 Å². The summed E-state index contributed by atoms with van der Waals surface area (Å²) in [6.45, 7) is 3.88. The van der Waals surface area contributed by atoms with Crippen molar-refractivity contribution in [3.05, 3.63) is 77.6 Å². The standard InChI is InChI=1S/C20H20N4O2/c1-14-7-3-5-9-16(14)21-19(25)13-24-12-11-18(23-24)20(26)22-17-10-6-4-8-15(17)2/h3-12H,13H2,1-2H3,(H,21,25)(H,22,26). The summed E-state index contributed by atoms with van der Waals surface area (Å²) in [5.41, 5.74) is 3.72. The fourth-order valence-corrected chi connectivity index (χ4v) is 2.52. The van der Waals surface area contributed by atoms with E-state index in [0.717, 1.165) is 22.5 Å². The predicted molar refractivity (Wildman–Crippen MR) is 101 cm³/mol. The first-order valence-corrected chi connectivity index (χ1v) is 8.29. The Balaban J connectivity index is 1.62. The smallest absolute Gasteiger partial charge is 0.276 e. The molecule has 1 heterocycles. The molecule has 2 aromatic carbocycles.